The lowest BCUT2D eigenvalue weighted by atomic mass is 10.2. The molecule has 0 saturated carbocycles. The lowest BCUT2D eigenvalue weighted by Gasteiger charge is -2.13. The highest BCUT2D eigenvalue weighted by molar-refractivity contribution is 8.01. The largest absolute Gasteiger partial charge is 0.492 e. The second-order valence-electron chi connectivity index (χ2n) is 5.79. The van der Waals surface area contributed by atoms with Crippen LogP contribution in [0.5, 0.6) is 5.75 Å². The van der Waals surface area contributed by atoms with Crippen molar-refractivity contribution in [2.24, 2.45) is 0 Å². The standard InChI is InChI=1S/C20H24N2O3S/c1-4-25-18-8-6-5-7-17(18)22-19(23)13-26-15(3)20(24)21-16-11-9-14(2)10-12-16/h5-12,15H,4,13H2,1-3H3,(H,21,24)(H,22,23). The van der Waals surface area contributed by atoms with Gasteiger partial charge in [-0.25, -0.2) is 0 Å². The van der Waals surface area contributed by atoms with Gasteiger partial charge in [-0.2, -0.15) is 0 Å². The average molecular weight is 372 g/mol. The normalized spacial score (nSPS) is 11.5. The van der Waals surface area contributed by atoms with Crippen LogP contribution in [0.3, 0.4) is 0 Å². The van der Waals surface area contributed by atoms with Crippen molar-refractivity contribution < 1.29 is 14.3 Å². The lowest BCUT2D eigenvalue weighted by Crippen LogP contribution is -2.25. The zero-order chi connectivity index (χ0) is 18.9. The van der Waals surface area contributed by atoms with Gasteiger partial charge >= 0.3 is 0 Å². The number of carbonyl (C=O) groups excluding carboxylic acids is 2. The first-order valence-corrected chi connectivity index (χ1v) is 9.55. The van der Waals surface area contributed by atoms with Crippen LogP contribution in [0.2, 0.25) is 0 Å². The van der Waals surface area contributed by atoms with E-state index in [1.165, 1.54) is 11.8 Å². The molecular weight excluding hydrogens is 348 g/mol. The molecule has 138 valence electrons. The van der Waals surface area contributed by atoms with Crippen molar-refractivity contribution in [1.29, 1.82) is 0 Å². The number of rotatable bonds is 8. The summed E-state index contributed by atoms with van der Waals surface area (Å²) in [6.07, 6.45) is 0. The smallest absolute Gasteiger partial charge is 0.237 e. The molecule has 2 rings (SSSR count). The molecule has 2 aromatic rings. The van der Waals surface area contributed by atoms with E-state index in [2.05, 4.69) is 10.6 Å². The van der Waals surface area contributed by atoms with Crippen molar-refractivity contribution in [1.82, 2.24) is 0 Å². The number of anilines is 2. The summed E-state index contributed by atoms with van der Waals surface area (Å²) in [5.41, 5.74) is 2.52. The summed E-state index contributed by atoms with van der Waals surface area (Å²) in [5.74, 6) is 0.528. The van der Waals surface area contributed by atoms with E-state index in [1.54, 1.807) is 13.0 Å². The summed E-state index contributed by atoms with van der Waals surface area (Å²) in [6, 6.07) is 14.9. The molecule has 5 nitrogen and oxygen atoms in total. The van der Waals surface area contributed by atoms with Gasteiger partial charge in [0.25, 0.3) is 0 Å². The van der Waals surface area contributed by atoms with Crippen molar-refractivity contribution in [2.45, 2.75) is 26.0 Å². The number of nitrogens with one attached hydrogen (secondary N) is 2. The third-order valence-corrected chi connectivity index (χ3v) is 4.76. The Labute approximate surface area is 158 Å². The molecule has 2 N–H and O–H groups in total. The van der Waals surface area contributed by atoms with Crippen LogP contribution in [0.15, 0.2) is 48.5 Å². The van der Waals surface area contributed by atoms with E-state index in [0.29, 0.717) is 18.0 Å². The first-order valence-electron chi connectivity index (χ1n) is 8.50. The van der Waals surface area contributed by atoms with Gasteiger partial charge in [0, 0.05) is 5.69 Å². The third kappa shape index (κ3) is 6.11. The van der Waals surface area contributed by atoms with Crippen molar-refractivity contribution >= 4 is 35.0 Å². The fourth-order valence-electron chi connectivity index (χ4n) is 2.19. The third-order valence-electron chi connectivity index (χ3n) is 3.61. The molecule has 0 bridgehead atoms. The summed E-state index contributed by atoms with van der Waals surface area (Å²) >= 11 is 1.29. The predicted molar refractivity (Wildman–Crippen MR) is 108 cm³/mol. The number of carbonyl (C=O) groups is 2. The molecule has 0 radical (unpaired) electrons. The van der Waals surface area contributed by atoms with Gasteiger partial charge in [0.05, 0.1) is 23.3 Å². The molecule has 1 atom stereocenters. The zero-order valence-corrected chi connectivity index (χ0v) is 16.1. The van der Waals surface area contributed by atoms with Crippen molar-refractivity contribution in [2.75, 3.05) is 23.0 Å². The second-order valence-corrected chi connectivity index (χ2v) is 7.11. The minimum absolute atomic E-state index is 0.124. The molecule has 6 heteroatoms. The first kappa shape index (κ1) is 19.8. The van der Waals surface area contributed by atoms with Crippen LogP contribution in [0.4, 0.5) is 11.4 Å². The molecule has 2 amide bonds. The maximum absolute atomic E-state index is 12.2. The molecule has 0 aliphatic heterocycles. The number of hydrogen-bond acceptors (Lipinski definition) is 4. The lowest BCUT2D eigenvalue weighted by molar-refractivity contribution is -0.115. The highest BCUT2D eigenvalue weighted by atomic mass is 32.2. The minimum Gasteiger partial charge on any atom is -0.492 e. The molecule has 0 spiro atoms. The molecule has 0 fully saturated rings. The topological polar surface area (TPSA) is 67.4 Å². The highest BCUT2D eigenvalue weighted by Crippen LogP contribution is 2.24. The Hall–Kier alpha value is -2.47. The van der Waals surface area contributed by atoms with E-state index in [9.17, 15) is 9.59 Å². The molecule has 0 heterocycles. The summed E-state index contributed by atoms with van der Waals surface area (Å²) in [5, 5.41) is 5.34. The quantitative estimate of drug-likeness (QED) is 0.732. The fourth-order valence-corrected chi connectivity index (χ4v) is 2.88. The number of para-hydroxylation sites is 2. The average Bonchev–Trinajstić information content (AvgIpc) is 2.63. The van der Waals surface area contributed by atoms with E-state index < -0.39 is 0 Å². The Kier molecular flexibility index (Phi) is 7.53. The predicted octanol–water partition coefficient (Wildman–Crippen LogP) is 4.09. The van der Waals surface area contributed by atoms with Gasteiger partial charge in [0.15, 0.2) is 0 Å². The van der Waals surface area contributed by atoms with Crippen LogP contribution in [-0.4, -0.2) is 29.4 Å². The number of benzene rings is 2. The maximum atomic E-state index is 12.2. The molecule has 0 saturated heterocycles. The van der Waals surface area contributed by atoms with Gasteiger partial charge < -0.3 is 15.4 Å². The van der Waals surface area contributed by atoms with Gasteiger partial charge in [-0.15, -0.1) is 11.8 Å². The second kappa shape index (κ2) is 9.87. The minimum atomic E-state index is -0.343. The van der Waals surface area contributed by atoms with E-state index in [1.807, 2.05) is 56.3 Å². The van der Waals surface area contributed by atoms with Crippen LogP contribution in [-0.2, 0) is 9.59 Å². The first-order chi connectivity index (χ1) is 12.5. The van der Waals surface area contributed by atoms with Crippen LogP contribution < -0.4 is 15.4 Å². The van der Waals surface area contributed by atoms with Crippen LogP contribution >= 0.6 is 11.8 Å². The van der Waals surface area contributed by atoms with Gasteiger partial charge in [-0.05, 0) is 45.0 Å². The Morgan fingerprint density at radius 1 is 1.08 bits per heavy atom. The Bertz CT molecular complexity index is 747. The van der Waals surface area contributed by atoms with Crippen LogP contribution in [0, 0.1) is 6.92 Å². The number of aryl methyl sites for hydroxylation is 1. The SMILES string of the molecule is CCOc1ccccc1NC(=O)CSC(C)C(=O)Nc1ccc(C)cc1. The Morgan fingerprint density at radius 2 is 1.77 bits per heavy atom. The molecule has 2 aromatic carbocycles. The highest BCUT2D eigenvalue weighted by Gasteiger charge is 2.16. The van der Waals surface area contributed by atoms with Gasteiger partial charge in [0.1, 0.15) is 5.75 Å². The maximum Gasteiger partial charge on any atom is 0.237 e. The summed E-state index contributed by atoms with van der Waals surface area (Å²) in [6.45, 7) is 6.20. The van der Waals surface area contributed by atoms with Crippen LogP contribution in [0.1, 0.15) is 19.4 Å². The number of ether oxygens (including phenoxy) is 1. The molecule has 0 aromatic heterocycles. The van der Waals surface area contributed by atoms with Crippen molar-refractivity contribution in [3.8, 4) is 5.75 Å². The van der Waals surface area contributed by atoms with Gasteiger partial charge in [-0.1, -0.05) is 29.8 Å². The molecule has 0 aliphatic carbocycles. The monoisotopic (exact) mass is 372 g/mol. The fraction of sp³-hybridized carbons (Fsp3) is 0.300. The molecule has 0 aliphatic rings. The van der Waals surface area contributed by atoms with E-state index >= 15 is 0 Å². The van der Waals surface area contributed by atoms with Gasteiger partial charge in [0.2, 0.25) is 11.8 Å². The van der Waals surface area contributed by atoms with Crippen LogP contribution in [0.25, 0.3) is 0 Å². The zero-order valence-electron chi connectivity index (χ0n) is 15.2. The molecule has 26 heavy (non-hydrogen) atoms. The molecular formula is C20H24N2O3S. The number of thioether (sulfide) groups is 1. The van der Waals surface area contributed by atoms with Crippen molar-refractivity contribution in [3.05, 3.63) is 54.1 Å². The summed E-state index contributed by atoms with van der Waals surface area (Å²) < 4.78 is 5.49. The van der Waals surface area contributed by atoms with E-state index in [4.69, 9.17) is 4.74 Å². The van der Waals surface area contributed by atoms with Crippen molar-refractivity contribution in [3.63, 3.8) is 0 Å². The summed E-state index contributed by atoms with van der Waals surface area (Å²) in [7, 11) is 0. The molecule has 1 unspecified atom stereocenters. The number of hydrogen-bond donors (Lipinski definition) is 2. The van der Waals surface area contributed by atoms with Gasteiger partial charge in [-0.3, -0.25) is 9.59 Å². The van der Waals surface area contributed by atoms with E-state index in [-0.39, 0.29) is 22.8 Å². The summed E-state index contributed by atoms with van der Waals surface area (Å²) in [4.78, 5) is 24.4. The Balaban J connectivity index is 1.82. The van der Waals surface area contributed by atoms with E-state index in [0.717, 1.165) is 11.3 Å². The number of amides is 2. The Morgan fingerprint density at radius 3 is 2.46 bits per heavy atom.